The average Bonchev–Trinajstić information content (AvgIpc) is 3.26. The molecule has 0 bridgehead atoms. The monoisotopic (exact) mass is 590 g/mol. The fourth-order valence-corrected chi connectivity index (χ4v) is 4.76. The van der Waals surface area contributed by atoms with E-state index in [4.69, 9.17) is 14.2 Å². The van der Waals surface area contributed by atoms with Crippen LogP contribution in [-0.4, -0.2) is 43.2 Å². The molecule has 3 aromatic rings. The van der Waals surface area contributed by atoms with Crippen LogP contribution in [0.5, 0.6) is 17.4 Å². The molecule has 1 aromatic heterocycles. The predicted molar refractivity (Wildman–Crippen MR) is 140 cm³/mol. The maximum atomic E-state index is 13.2. The molecule has 2 aromatic carbocycles. The number of ether oxygens (including phenoxy) is 3. The number of alkyl halides is 3. The van der Waals surface area contributed by atoms with Gasteiger partial charge in [0.1, 0.15) is 11.5 Å². The highest BCUT2D eigenvalue weighted by molar-refractivity contribution is 9.10. The third-order valence-corrected chi connectivity index (χ3v) is 6.98. The van der Waals surface area contributed by atoms with Gasteiger partial charge in [0, 0.05) is 30.2 Å². The highest BCUT2D eigenvalue weighted by Gasteiger charge is 2.32. The number of hydrogen-bond donors (Lipinski definition) is 0. The molecule has 0 saturated carbocycles. The highest BCUT2D eigenvalue weighted by atomic mass is 79.9. The van der Waals surface area contributed by atoms with Crippen molar-refractivity contribution in [2.24, 2.45) is 0 Å². The van der Waals surface area contributed by atoms with Crippen LogP contribution in [0.1, 0.15) is 35.2 Å². The molecule has 0 unspecified atom stereocenters. The Morgan fingerprint density at radius 2 is 1.79 bits per heavy atom. The lowest BCUT2D eigenvalue weighted by Gasteiger charge is -2.25. The molecule has 6 nitrogen and oxygen atoms in total. The molecule has 4 rings (SSSR count). The Balaban J connectivity index is 1.76. The van der Waals surface area contributed by atoms with Crippen molar-refractivity contribution in [1.29, 1.82) is 0 Å². The third kappa shape index (κ3) is 5.96. The minimum atomic E-state index is -4.45. The second-order valence-corrected chi connectivity index (χ2v) is 9.50. The number of nitrogens with zero attached hydrogens (tertiary/aromatic N) is 2. The van der Waals surface area contributed by atoms with Gasteiger partial charge in [-0.05, 0) is 64.3 Å². The summed E-state index contributed by atoms with van der Waals surface area (Å²) >= 11 is 3.39. The summed E-state index contributed by atoms with van der Waals surface area (Å²) in [6, 6.07) is 13.5. The minimum Gasteiger partial charge on any atom is -0.497 e. The average molecular weight is 591 g/mol. The zero-order chi connectivity index (χ0) is 27.4. The molecule has 1 atom stereocenters. The summed E-state index contributed by atoms with van der Waals surface area (Å²) in [6.07, 6.45) is -1.67. The van der Waals surface area contributed by atoms with Crippen LogP contribution in [0.4, 0.5) is 13.2 Å². The zero-order valence-electron chi connectivity index (χ0n) is 21.0. The van der Waals surface area contributed by atoms with Gasteiger partial charge in [-0.2, -0.15) is 13.2 Å². The van der Waals surface area contributed by atoms with E-state index in [1.54, 1.807) is 43.4 Å². The lowest BCUT2D eigenvalue weighted by atomic mass is 9.97. The molecule has 1 saturated heterocycles. The Bertz CT molecular complexity index is 1340. The van der Waals surface area contributed by atoms with E-state index >= 15 is 0 Å². The van der Waals surface area contributed by atoms with E-state index < -0.39 is 11.7 Å². The first-order valence-electron chi connectivity index (χ1n) is 11.7. The van der Waals surface area contributed by atoms with Gasteiger partial charge in [-0.25, -0.2) is 4.98 Å². The molecule has 1 aliphatic heterocycles. The Morgan fingerprint density at radius 3 is 2.42 bits per heavy atom. The molecule has 0 N–H and O–H groups in total. The summed E-state index contributed by atoms with van der Waals surface area (Å²) in [4.78, 5) is 19.2. The van der Waals surface area contributed by atoms with Crippen LogP contribution >= 0.6 is 15.9 Å². The second-order valence-electron chi connectivity index (χ2n) is 8.65. The van der Waals surface area contributed by atoms with Gasteiger partial charge in [0.05, 0.1) is 43.1 Å². The molecular weight excluding hydrogens is 565 g/mol. The van der Waals surface area contributed by atoms with E-state index in [2.05, 4.69) is 20.9 Å². The third-order valence-electron chi connectivity index (χ3n) is 6.37. The van der Waals surface area contributed by atoms with E-state index in [0.29, 0.717) is 58.1 Å². The van der Waals surface area contributed by atoms with E-state index in [9.17, 15) is 18.0 Å². The summed E-state index contributed by atoms with van der Waals surface area (Å²) in [6.45, 7) is 0.296. The highest BCUT2D eigenvalue weighted by Crippen LogP contribution is 2.35. The number of amides is 1. The summed E-state index contributed by atoms with van der Waals surface area (Å²) in [5.74, 6) is 1.53. The number of carbonyl (C=O) groups excluding carboxylic acids is 1. The van der Waals surface area contributed by atoms with E-state index in [1.807, 2.05) is 12.1 Å². The van der Waals surface area contributed by atoms with E-state index in [1.165, 1.54) is 19.2 Å². The summed E-state index contributed by atoms with van der Waals surface area (Å²) in [7, 11) is 4.60. The van der Waals surface area contributed by atoms with Crippen molar-refractivity contribution in [3.63, 3.8) is 0 Å². The first-order valence-corrected chi connectivity index (χ1v) is 12.5. The zero-order valence-corrected chi connectivity index (χ0v) is 22.6. The van der Waals surface area contributed by atoms with Crippen molar-refractivity contribution < 1.29 is 32.2 Å². The van der Waals surface area contributed by atoms with Crippen LogP contribution in [0.25, 0.3) is 5.57 Å². The fourth-order valence-electron chi connectivity index (χ4n) is 4.38. The minimum absolute atomic E-state index is 0.0303. The number of methoxy groups -OCH3 is 3. The SMILES string of the molecule is COc1ccc(CN2C(=O)CC[C@@H]2C=C(c2ccc(C(F)(F)F)cc2)c2ccc(Br)c(OC)n2)c(OC)c1. The van der Waals surface area contributed by atoms with Gasteiger partial charge in [0.2, 0.25) is 11.8 Å². The predicted octanol–water partition coefficient (Wildman–Crippen LogP) is 6.51. The van der Waals surface area contributed by atoms with Crippen molar-refractivity contribution in [3.05, 3.63) is 87.5 Å². The largest absolute Gasteiger partial charge is 0.497 e. The number of aromatic nitrogens is 1. The van der Waals surface area contributed by atoms with Gasteiger partial charge in [0.15, 0.2) is 0 Å². The summed E-state index contributed by atoms with van der Waals surface area (Å²) < 4.78 is 56.4. The molecule has 1 amide bonds. The van der Waals surface area contributed by atoms with Crippen LogP contribution < -0.4 is 14.2 Å². The summed E-state index contributed by atoms with van der Waals surface area (Å²) in [5.41, 5.74) is 1.70. The van der Waals surface area contributed by atoms with Crippen LogP contribution in [0, 0.1) is 0 Å². The number of hydrogen-bond acceptors (Lipinski definition) is 5. The first kappa shape index (κ1) is 27.5. The topological polar surface area (TPSA) is 60.9 Å². The number of rotatable bonds is 8. The molecule has 38 heavy (non-hydrogen) atoms. The molecule has 0 radical (unpaired) electrons. The molecule has 10 heteroatoms. The second kappa shape index (κ2) is 11.5. The van der Waals surface area contributed by atoms with Crippen LogP contribution in [-0.2, 0) is 17.5 Å². The molecular formula is C28H26BrF3N2O4. The van der Waals surface area contributed by atoms with Gasteiger partial charge in [-0.1, -0.05) is 18.2 Å². The number of benzene rings is 2. The molecule has 1 aliphatic rings. The first-order chi connectivity index (χ1) is 18.1. The summed E-state index contributed by atoms with van der Waals surface area (Å²) in [5, 5.41) is 0. The van der Waals surface area contributed by atoms with Gasteiger partial charge in [-0.15, -0.1) is 0 Å². The smallest absolute Gasteiger partial charge is 0.416 e. The van der Waals surface area contributed by atoms with Gasteiger partial charge < -0.3 is 19.1 Å². The maximum Gasteiger partial charge on any atom is 0.416 e. The van der Waals surface area contributed by atoms with Crippen LogP contribution in [0.15, 0.2) is 65.1 Å². The fraction of sp³-hybridized carbons (Fsp3) is 0.286. The Morgan fingerprint density at radius 1 is 1.05 bits per heavy atom. The Hall–Kier alpha value is -3.53. The number of pyridine rings is 1. The lowest BCUT2D eigenvalue weighted by Crippen LogP contribution is -2.31. The van der Waals surface area contributed by atoms with Gasteiger partial charge in [-0.3, -0.25) is 4.79 Å². The Kier molecular flexibility index (Phi) is 8.30. The van der Waals surface area contributed by atoms with Crippen molar-refractivity contribution in [2.45, 2.75) is 31.6 Å². The quantitative estimate of drug-likeness (QED) is 0.299. The lowest BCUT2D eigenvalue weighted by molar-refractivity contribution is -0.137. The molecule has 200 valence electrons. The van der Waals surface area contributed by atoms with Crippen molar-refractivity contribution in [3.8, 4) is 17.4 Å². The van der Waals surface area contributed by atoms with E-state index in [0.717, 1.165) is 17.7 Å². The normalized spacial score (nSPS) is 16.1. The van der Waals surface area contributed by atoms with Gasteiger partial charge in [0.25, 0.3) is 0 Å². The molecule has 1 fully saturated rings. The molecule has 0 aliphatic carbocycles. The molecule has 0 spiro atoms. The Labute approximate surface area is 227 Å². The molecule has 2 heterocycles. The van der Waals surface area contributed by atoms with Crippen molar-refractivity contribution in [1.82, 2.24) is 9.88 Å². The van der Waals surface area contributed by atoms with Crippen LogP contribution in [0.2, 0.25) is 0 Å². The number of halogens is 4. The standard InChI is InChI=1S/C28H26BrF3N2O4/c1-36-21-10-6-18(25(15-21)37-2)16-34-20(9-13-26(34)35)14-22(24-12-11-23(29)27(33-24)38-3)17-4-7-19(8-5-17)28(30,31)32/h4-8,10-12,14-15,20H,9,13,16H2,1-3H3/t20-/m1/s1. The number of likely N-dealkylation sites (tertiary alicyclic amines) is 1. The van der Waals surface area contributed by atoms with Gasteiger partial charge >= 0.3 is 6.18 Å². The van der Waals surface area contributed by atoms with Crippen LogP contribution in [0.3, 0.4) is 0 Å². The maximum absolute atomic E-state index is 13.2. The number of carbonyl (C=O) groups is 1. The van der Waals surface area contributed by atoms with Crippen molar-refractivity contribution in [2.75, 3.05) is 21.3 Å². The van der Waals surface area contributed by atoms with E-state index in [-0.39, 0.29) is 11.9 Å². The van der Waals surface area contributed by atoms with Crippen molar-refractivity contribution >= 4 is 27.4 Å².